The fraction of sp³-hybridized carbons (Fsp3) is 0.188. The van der Waals surface area contributed by atoms with E-state index in [1.807, 2.05) is 24.3 Å². The Morgan fingerprint density at radius 2 is 1.82 bits per heavy atom. The van der Waals surface area contributed by atoms with Gasteiger partial charge in [-0.05, 0) is 36.4 Å². The fourth-order valence-corrected chi connectivity index (χ4v) is 2.68. The molecule has 2 aromatic carbocycles. The molecular formula is C16H14BrNO4. The summed E-state index contributed by atoms with van der Waals surface area (Å²) in [6.45, 7) is 0. The summed E-state index contributed by atoms with van der Waals surface area (Å²) in [4.78, 5) is 12.0. The van der Waals surface area contributed by atoms with Crippen LogP contribution in [0.3, 0.4) is 0 Å². The van der Waals surface area contributed by atoms with Crippen molar-refractivity contribution in [3.8, 4) is 11.5 Å². The van der Waals surface area contributed by atoms with Gasteiger partial charge >= 0.3 is 5.97 Å². The monoisotopic (exact) mass is 363 g/mol. The first kappa shape index (κ1) is 14.7. The average molecular weight is 364 g/mol. The average Bonchev–Trinajstić information content (AvgIpc) is 2.85. The molecule has 22 heavy (non-hydrogen) atoms. The minimum absolute atomic E-state index is 0.384. The van der Waals surface area contributed by atoms with Crippen molar-refractivity contribution in [3.63, 3.8) is 0 Å². The second kappa shape index (κ2) is 5.88. The van der Waals surface area contributed by atoms with Gasteiger partial charge < -0.3 is 19.5 Å². The molecule has 0 spiro atoms. The SMILES string of the molecule is COc1ccc2c(c1OC)C(Nc1ccc(Br)cc1)OC2=O. The van der Waals surface area contributed by atoms with Crippen LogP contribution in [0, 0.1) is 0 Å². The first-order valence-electron chi connectivity index (χ1n) is 6.62. The van der Waals surface area contributed by atoms with Gasteiger partial charge in [-0.2, -0.15) is 0 Å². The molecule has 0 aromatic heterocycles. The van der Waals surface area contributed by atoms with Gasteiger partial charge in [-0.3, -0.25) is 0 Å². The van der Waals surface area contributed by atoms with Crippen molar-refractivity contribution >= 4 is 27.6 Å². The number of carbonyl (C=O) groups excluding carboxylic acids is 1. The Labute approximate surface area is 136 Å². The van der Waals surface area contributed by atoms with E-state index in [1.54, 1.807) is 19.2 Å². The molecule has 1 heterocycles. The van der Waals surface area contributed by atoms with Crippen LogP contribution in [0.4, 0.5) is 5.69 Å². The molecule has 1 aliphatic heterocycles. The number of ether oxygens (including phenoxy) is 3. The van der Waals surface area contributed by atoms with Crippen LogP contribution in [0.5, 0.6) is 11.5 Å². The second-order valence-corrected chi connectivity index (χ2v) is 5.61. The third kappa shape index (κ3) is 2.50. The molecule has 1 aliphatic rings. The highest BCUT2D eigenvalue weighted by Gasteiger charge is 2.35. The van der Waals surface area contributed by atoms with E-state index in [1.165, 1.54) is 7.11 Å². The molecule has 5 nitrogen and oxygen atoms in total. The van der Waals surface area contributed by atoms with Crippen LogP contribution in [-0.2, 0) is 4.74 Å². The Morgan fingerprint density at radius 1 is 1.09 bits per heavy atom. The lowest BCUT2D eigenvalue weighted by molar-refractivity contribution is 0.0435. The van der Waals surface area contributed by atoms with Crippen LogP contribution in [0.25, 0.3) is 0 Å². The molecular weight excluding hydrogens is 350 g/mol. The maximum Gasteiger partial charge on any atom is 0.340 e. The van der Waals surface area contributed by atoms with E-state index in [0.717, 1.165) is 10.2 Å². The van der Waals surface area contributed by atoms with Gasteiger partial charge in [0.1, 0.15) is 0 Å². The molecule has 0 radical (unpaired) electrons. The van der Waals surface area contributed by atoms with Crippen molar-refractivity contribution < 1.29 is 19.0 Å². The largest absolute Gasteiger partial charge is 0.493 e. The predicted molar refractivity (Wildman–Crippen MR) is 85.5 cm³/mol. The molecule has 0 aliphatic carbocycles. The maximum atomic E-state index is 12.0. The maximum absolute atomic E-state index is 12.0. The highest BCUT2D eigenvalue weighted by molar-refractivity contribution is 9.10. The molecule has 6 heteroatoms. The summed E-state index contributed by atoms with van der Waals surface area (Å²) in [7, 11) is 3.09. The van der Waals surface area contributed by atoms with Crippen molar-refractivity contribution in [3.05, 3.63) is 52.0 Å². The zero-order chi connectivity index (χ0) is 15.7. The Kier molecular flexibility index (Phi) is 3.94. The lowest BCUT2D eigenvalue weighted by atomic mass is 10.1. The van der Waals surface area contributed by atoms with Gasteiger partial charge in [-0.25, -0.2) is 4.79 Å². The first-order chi connectivity index (χ1) is 10.6. The number of anilines is 1. The Bertz CT molecular complexity index is 715. The molecule has 1 N–H and O–H groups in total. The zero-order valence-corrected chi connectivity index (χ0v) is 13.6. The Morgan fingerprint density at radius 3 is 2.45 bits per heavy atom. The number of carbonyl (C=O) groups is 1. The third-order valence-electron chi connectivity index (χ3n) is 3.43. The zero-order valence-electron chi connectivity index (χ0n) is 12.1. The van der Waals surface area contributed by atoms with E-state index in [-0.39, 0.29) is 5.97 Å². The number of rotatable bonds is 4. The summed E-state index contributed by atoms with van der Waals surface area (Å²) in [5.41, 5.74) is 1.96. The molecule has 0 amide bonds. The molecule has 0 saturated carbocycles. The summed E-state index contributed by atoms with van der Waals surface area (Å²) < 4.78 is 17.1. The van der Waals surface area contributed by atoms with Gasteiger partial charge in [-0.15, -0.1) is 0 Å². The van der Waals surface area contributed by atoms with Crippen molar-refractivity contribution in [2.24, 2.45) is 0 Å². The summed E-state index contributed by atoms with van der Waals surface area (Å²) in [6.07, 6.45) is -0.617. The molecule has 2 aromatic rings. The number of fused-ring (bicyclic) bond motifs is 1. The molecule has 1 atom stereocenters. The van der Waals surface area contributed by atoms with Crippen molar-refractivity contribution in [2.45, 2.75) is 6.23 Å². The fourth-order valence-electron chi connectivity index (χ4n) is 2.42. The molecule has 0 fully saturated rings. The van der Waals surface area contributed by atoms with Gasteiger partial charge in [0.15, 0.2) is 11.5 Å². The highest BCUT2D eigenvalue weighted by Crippen LogP contribution is 2.43. The number of hydrogen-bond donors (Lipinski definition) is 1. The molecule has 0 saturated heterocycles. The number of hydrogen-bond acceptors (Lipinski definition) is 5. The van der Waals surface area contributed by atoms with Crippen LogP contribution in [-0.4, -0.2) is 20.2 Å². The van der Waals surface area contributed by atoms with Gasteiger partial charge in [0.2, 0.25) is 6.23 Å². The highest BCUT2D eigenvalue weighted by atomic mass is 79.9. The summed E-state index contributed by atoms with van der Waals surface area (Å²) in [5.74, 6) is 0.674. The molecule has 3 rings (SSSR count). The van der Waals surface area contributed by atoms with Crippen LogP contribution >= 0.6 is 15.9 Å². The van der Waals surface area contributed by atoms with Crippen molar-refractivity contribution in [2.75, 3.05) is 19.5 Å². The molecule has 1 unspecified atom stereocenters. The molecule has 114 valence electrons. The van der Waals surface area contributed by atoms with E-state index in [9.17, 15) is 4.79 Å². The lowest BCUT2D eigenvalue weighted by Gasteiger charge is -2.17. The van der Waals surface area contributed by atoms with E-state index < -0.39 is 6.23 Å². The first-order valence-corrected chi connectivity index (χ1v) is 7.41. The lowest BCUT2D eigenvalue weighted by Crippen LogP contribution is -2.11. The van der Waals surface area contributed by atoms with Crippen LogP contribution in [0.1, 0.15) is 22.1 Å². The predicted octanol–water partition coefficient (Wildman–Crippen LogP) is 3.75. The minimum Gasteiger partial charge on any atom is -0.493 e. The van der Waals surface area contributed by atoms with Crippen LogP contribution < -0.4 is 14.8 Å². The van der Waals surface area contributed by atoms with Gasteiger partial charge in [0, 0.05) is 10.2 Å². The number of nitrogens with one attached hydrogen (secondary N) is 1. The van der Waals surface area contributed by atoms with Crippen molar-refractivity contribution in [1.82, 2.24) is 0 Å². The number of cyclic esters (lactones) is 1. The van der Waals surface area contributed by atoms with Gasteiger partial charge in [0.05, 0.1) is 25.3 Å². The molecule has 0 bridgehead atoms. The van der Waals surface area contributed by atoms with Crippen LogP contribution in [0.2, 0.25) is 0 Å². The van der Waals surface area contributed by atoms with E-state index in [0.29, 0.717) is 22.6 Å². The van der Waals surface area contributed by atoms with Gasteiger partial charge in [-0.1, -0.05) is 15.9 Å². The Hall–Kier alpha value is -2.21. The summed E-state index contributed by atoms with van der Waals surface area (Å²) in [5, 5.41) is 3.18. The van der Waals surface area contributed by atoms with Gasteiger partial charge in [0.25, 0.3) is 0 Å². The van der Waals surface area contributed by atoms with E-state index in [2.05, 4.69) is 21.2 Å². The van der Waals surface area contributed by atoms with Crippen LogP contribution in [0.15, 0.2) is 40.9 Å². The number of esters is 1. The summed E-state index contributed by atoms with van der Waals surface area (Å²) in [6, 6.07) is 11.0. The number of methoxy groups -OCH3 is 2. The van der Waals surface area contributed by atoms with Crippen molar-refractivity contribution in [1.29, 1.82) is 0 Å². The summed E-state index contributed by atoms with van der Waals surface area (Å²) >= 11 is 3.39. The normalized spacial score (nSPS) is 16.0. The third-order valence-corrected chi connectivity index (χ3v) is 3.96. The van der Waals surface area contributed by atoms with E-state index in [4.69, 9.17) is 14.2 Å². The minimum atomic E-state index is -0.617. The topological polar surface area (TPSA) is 56.8 Å². The Balaban J connectivity index is 2.00. The number of benzene rings is 2. The quantitative estimate of drug-likeness (QED) is 0.838. The smallest absolute Gasteiger partial charge is 0.340 e. The number of halogens is 1. The standard InChI is InChI=1S/C16H14BrNO4/c1-20-12-8-7-11-13(14(12)21-2)15(22-16(11)19)18-10-5-3-9(17)4-6-10/h3-8,15,18H,1-2H3. The second-order valence-electron chi connectivity index (χ2n) is 4.70. The van der Waals surface area contributed by atoms with E-state index >= 15 is 0 Å².